The third-order valence-electron chi connectivity index (χ3n) is 6.53. The molecule has 1 aromatic heterocycles. The fraction of sp³-hybridized carbons (Fsp3) is 0.609. The molecule has 0 amide bonds. The van der Waals surface area contributed by atoms with E-state index in [9.17, 15) is 8.42 Å². The Kier molecular flexibility index (Phi) is 6.99. The van der Waals surface area contributed by atoms with Gasteiger partial charge in [-0.3, -0.25) is 10.00 Å². The molecule has 0 spiro atoms. The zero-order chi connectivity index (χ0) is 21.8. The van der Waals surface area contributed by atoms with E-state index in [-0.39, 0.29) is 0 Å². The summed E-state index contributed by atoms with van der Waals surface area (Å²) in [5.41, 5.74) is 2.44. The van der Waals surface area contributed by atoms with E-state index >= 15 is 0 Å². The highest BCUT2D eigenvalue weighted by atomic mass is 32.2. The third kappa shape index (κ3) is 5.13. The van der Waals surface area contributed by atoms with Crippen LogP contribution in [0.3, 0.4) is 0 Å². The minimum absolute atomic E-state index is 0.317. The number of aromatic nitrogens is 2. The zero-order valence-electron chi connectivity index (χ0n) is 18.6. The number of hydrogen-bond donors (Lipinski definition) is 1. The van der Waals surface area contributed by atoms with Crippen molar-refractivity contribution in [1.82, 2.24) is 19.4 Å². The quantitative estimate of drug-likeness (QED) is 0.766. The van der Waals surface area contributed by atoms with Gasteiger partial charge in [0.2, 0.25) is 10.0 Å². The third-order valence-corrected chi connectivity index (χ3v) is 8.69. The first-order valence-corrected chi connectivity index (χ1v) is 12.9. The number of nitrogens with one attached hydrogen (secondary N) is 1. The molecule has 0 aliphatic carbocycles. The van der Waals surface area contributed by atoms with Crippen LogP contribution < -0.4 is 4.74 Å². The maximum absolute atomic E-state index is 13.5. The number of nitrogens with zero attached hydrogens (tertiary/aromatic N) is 3. The minimum atomic E-state index is -3.62. The van der Waals surface area contributed by atoms with Gasteiger partial charge in [0.15, 0.2) is 0 Å². The average Bonchev–Trinajstić information content (AvgIpc) is 3.10. The molecular weight excluding hydrogens is 412 g/mol. The van der Waals surface area contributed by atoms with Gasteiger partial charge >= 0.3 is 0 Å². The molecule has 0 radical (unpaired) electrons. The van der Waals surface area contributed by atoms with Gasteiger partial charge in [0.05, 0.1) is 18.0 Å². The summed E-state index contributed by atoms with van der Waals surface area (Å²) in [4.78, 5) is 2.82. The van der Waals surface area contributed by atoms with Crippen LogP contribution in [0.1, 0.15) is 49.1 Å². The molecule has 1 unspecified atom stereocenters. The molecule has 2 aliphatic rings. The molecule has 31 heavy (non-hydrogen) atoms. The van der Waals surface area contributed by atoms with Gasteiger partial charge in [-0.15, -0.1) is 0 Å². The Balaban J connectivity index is 1.59. The lowest BCUT2D eigenvalue weighted by molar-refractivity contribution is 0.131. The Morgan fingerprint density at radius 3 is 2.74 bits per heavy atom. The lowest BCUT2D eigenvalue weighted by atomic mass is 9.95. The van der Waals surface area contributed by atoms with Crippen molar-refractivity contribution < 1.29 is 13.2 Å². The van der Waals surface area contributed by atoms with Crippen LogP contribution in [0.5, 0.6) is 5.75 Å². The first kappa shape index (κ1) is 22.3. The molecule has 4 rings (SSSR count). The predicted octanol–water partition coefficient (Wildman–Crippen LogP) is 3.29. The Morgan fingerprint density at radius 1 is 1.06 bits per heavy atom. The van der Waals surface area contributed by atoms with Crippen molar-refractivity contribution in [3.05, 3.63) is 41.2 Å². The van der Waals surface area contributed by atoms with Crippen LogP contribution in [0.25, 0.3) is 0 Å². The number of ether oxygens (including phenoxy) is 1. The largest absolute Gasteiger partial charge is 0.494 e. The number of piperidine rings is 1. The minimum Gasteiger partial charge on any atom is -0.494 e. The lowest BCUT2D eigenvalue weighted by Gasteiger charge is -2.37. The molecule has 1 fully saturated rings. The molecule has 2 aliphatic heterocycles. The fourth-order valence-electron chi connectivity index (χ4n) is 4.88. The van der Waals surface area contributed by atoms with Crippen LogP contribution in [0.2, 0.25) is 0 Å². The van der Waals surface area contributed by atoms with Crippen molar-refractivity contribution in [2.75, 3.05) is 32.8 Å². The van der Waals surface area contributed by atoms with Gasteiger partial charge in [0.1, 0.15) is 10.6 Å². The number of H-pyrrole nitrogens is 1. The average molecular weight is 447 g/mol. The Hall–Kier alpha value is -1.90. The first-order valence-electron chi connectivity index (χ1n) is 11.4. The van der Waals surface area contributed by atoms with Crippen molar-refractivity contribution in [2.24, 2.45) is 0 Å². The number of aryl methyl sites for hydroxylation is 3. The van der Waals surface area contributed by atoms with E-state index in [1.807, 2.05) is 6.07 Å². The van der Waals surface area contributed by atoms with E-state index < -0.39 is 10.0 Å². The summed E-state index contributed by atoms with van der Waals surface area (Å²) in [6.45, 7) is 6.75. The lowest BCUT2D eigenvalue weighted by Crippen LogP contribution is -2.45. The van der Waals surface area contributed by atoms with Gasteiger partial charge in [0, 0.05) is 25.7 Å². The number of benzene rings is 1. The van der Waals surface area contributed by atoms with Gasteiger partial charge in [-0.2, -0.15) is 9.40 Å². The van der Waals surface area contributed by atoms with Crippen molar-refractivity contribution in [3.8, 4) is 5.75 Å². The molecule has 2 aromatic rings. The summed E-state index contributed by atoms with van der Waals surface area (Å²) in [6, 6.07) is 8.84. The van der Waals surface area contributed by atoms with Crippen molar-refractivity contribution in [3.63, 3.8) is 0 Å². The smallest absolute Gasteiger partial charge is 0.246 e. The van der Waals surface area contributed by atoms with Crippen LogP contribution in [0.4, 0.5) is 0 Å². The standard InChI is InChI=1S/C23H34N4O3S/c1-18-23(19(2)25-24-18)31(28,29)27-13-6-16-30-22-9-5-7-20(17-22)10-11-21-8-3-4-12-26(21)14-15-27/h5,7,9,17,21H,3-4,6,8,10-16H2,1-2H3,(H,24,25). The van der Waals surface area contributed by atoms with Gasteiger partial charge < -0.3 is 4.74 Å². The van der Waals surface area contributed by atoms with Gasteiger partial charge in [-0.05, 0) is 70.2 Å². The van der Waals surface area contributed by atoms with E-state index in [0.29, 0.717) is 48.4 Å². The van der Waals surface area contributed by atoms with Crippen molar-refractivity contribution in [1.29, 1.82) is 0 Å². The summed E-state index contributed by atoms with van der Waals surface area (Å²) in [7, 11) is -3.62. The SMILES string of the molecule is Cc1n[nH]c(C)c1S(=O)(=O)N1CCCOc2cccc(c2)CCC2CCCCN2CC1. The summed E-state index contributed by atoms with van der Waals surface area (Å²) < 4.78 is 34.7. The van der Waals surface area contributed by atoms with E-state index in [1.54, 1.807) is 18.2 Å². The highest BCUT2D eigenvalue weighted by Crippen LogP contribution is 2.25. The molecular formula is C23H34N4O3S. The zero-order valence-corrected chi connectivity index (χ0v) is 19.5. The van der Waals surface area contributed by atoms with E-state index in [1.165, 1.54) is 24.8 Å². The highest BCUT2D eigenvalue weighted by molar-refractivity contribution is 7.89. The van der Waals surface area contributed by atoms with Crippen LogP contribution in [0, 0.1) is 13.8 Å². The Bertz CT molecular complexity index is 969. The highest BCUT2D eigenvalue weighted by Gasteiger charge is 2.31. The molecule has 0 saturated carbocycles. The molecule has 1 saturated heterocycles. The first-order chi connectivity index (χ1) is 14.9. The number of fused-ring (bicyclic) bond motifs is 3. The summed E-state index contributed by atoms with van der Waals surface area (Å²) in [5, 5.41) is 6.94. The summed E-state index contributed by atoms with van der Waals surface area (Å²) in [6.07, 6.45) is 6.38. The Morgan fingerprint density at radius 2 is 1.94 bits per heavy atom. The molecule has 170 valence electrons. The topological polar surface area (TPSA) is 78.5 Å². The number of rotatable bonds is 2. The van der Waals surface area contributed by atoms with Crippen LogP contribution in [-0.4, -0.2) is 66.6 Å². The van der Waals surface area contributed by atoms with Crippen LogP contribution in [0.15, 0.2) is 29.2 Å². The predicted molar refractivity (Wildman–Crippen MR) is 121 cm³/mol. The van der Waals surface area contributed by atoms with E-state index in [4.69, 9.17) is 4.74 Å². The summed E-state index contributed by atoms with van der Waals surface area (Å²) >= 11 is 0. The number of aromatic amines is 1. The molecule has 1 atom stereocenters. The maximum Gasteiger partial charge on any atom is 0.246 e. The number of hydrogen-bond acceptors (Lipinski definition) is 5. The van der Waals surface area contributed by atoms with E-state index in [2.05, 4.69) is 33.3 Å². The molecule has 7 nitrogen and oxygen atoms in total. The second-order valence-corrected chi connectivity index (χ2v) is 10.6. The van der Waals surface area contributed by atoms with Crippen molar-refractivity contribution in [2.45, 2.75) is 63.3 Å². The van der Waals surface area contributed by atoms with Crippen LogP contribution >= 0.6 is 0 Å². The molecule has 1 aromatic carbocycles. The molecule has 3 heterocycles. The fourth-order valence-corrected chi connectivity index (χ4v) is 6.68. The summed E-state index contributed by atoms with van der Waals surface area (Å²) in [5.74, 6) is 0.867. The second kappa shape index (κ2) is 9.71. The monoisotopic (exact) mass is 446 g/mol. The van der Waals surface area contributed by atoms with Gasteiger partial charge in [-0.25, -0.2) is 8.42 Å². The van der Waals surface area contributed by atoms with Crippen LogP contribution in [-0.2, 0) is 16.4 Å². The van der Waals surface area contributed by atoms with Gasteiger partial charge in [0.25, 0.3) is 0 Å². The second-order valence-electron chi connectivity index (χ2n) is 8.74. The normalized spacial score (nSPS) is 22.3. The number of sulfonamides is 1. The molecule has 1 N–H and O–H groups in total. The molecule has 2 bridgehead atoms. The van der Waals surface area contributed by atoms with E-state index in [0.717, 1.165) is 31.7 Å². The Labute approximate surface area is 185 Å². The molecule has 8 heteroatoms. The van der Waals surface area contributed by atoms with Gasteiger partial charge in [-0.1, -0.05) is 18.6 Å². The van der Waals surface area contributed by atoms with Crippen molar-refractivity contribution >= 4 is 10.0 Å². The maximum atomic E-state index is 13.5.